The molecular weight excluding hydrogens is 248 g/mol. The zero-order valence-electron chi connectivity index (χ0n) is 12.0. The summed E-state index contributed by atoms with van der Waals surface area (Å²) in [6.07, 6.45) is 6.59. The van der Waals surface area contributed by atoms with Crippen LogP contribution in [0.15, 0.2) is 53.6 Å². The van der Waals surface area contributed by atoms with Crippen LogP contribution in [0.1, 0.15) is 31.2 Å². The van der Waals surface area contributed by atoms with Crippen LogP contribution in [0.25, 0.3) is 0 Å². The maximum atomic E-state index is 12.0. The summed E-state index contributed by atoms with van der Waals surface area (Å²) >= 11 is 0. The van der Waals surface area contributed by atoms with Gasteiger partial charge in [-0.05, 0) is 35.8 Å². The van der Waals surface area contributed by atoms with Crippen LogP contribution in [0.3, 0.4) is 0 Å². The molecule has 104 valence electrons. The van der Waals surface area contributed by atoms with E-state index in [0.29, 0.717) is 17.8 Å². The second kappa shape index (κ2) is 5.28. The van der Waals surface area contributed by atoms with E-state index in [-0.39, 0.29) is 5.97 Å². The van der Waals surface area contributed by atoms with Crippen LogP contribution in [0.5, 0.6) is 0 Å². The number of benzene rings is 1. The highest BCUT2D eigenvalue weighted by Crippen LogP contribution is 2.46. The largest absolute Gasteiger partial charge is 0.465 e. The minimum absolute atomic E-state index is 0.193. The van der Waals surface area contributed by atoms with Crippen LogP contribution in [-0.4, -0.2) is 13.1 Å². The summed E-state index contributed by atoms with van der Waals surface area (Å²) in [5.41, 5.74) is 3.32. The quantitative estimate of drug-likeness (QED) is 0.761. The Bertz CT molecular complexity index is 568. The number of hydrogen-bond donors (Lipinski definition) is 0. The summed E-state index contributed by atoms with van der Waals surface area (Å²) in [7, 11) is 1.46. The Labute approximate surface area is 120 Å². The lowest BCUT2D eigenvalue weighted by molar-refractivity contribution is -0.136. The fourth-order valence-electron chi connectivity index (χ4n) is 3.51. The molecule has 0 bridgehead atoms. The van der Waals surface area contributed by atoms with Crippen LogP contribution in [0, 0.1) is 11.8 Å². The Hall–Kier alpha value is -1.83. The van der Waals surface area contributed by atoms with Gasteiger partial charge in [0.15, 0.2) is 0 Å². The van der Waals surface area contributed by atoms with Gasteiger partial charge in [-0.25, -0.2) is 4.79 Å². The molecule has 2 heteroatoms. The van der Waals surface area contributed by atoms with Crippen LogP contribution in [0.4, 0.5) is 0 Å². The molecule has 0 saturated carbocycles. The molecule has 0 N–H and O–H groups in total. The SMILES string of the molecule is COC(=O)C1=C[C@H](C)C[C@H]2C[C@@H](c3ccccc3)C=C12. The van der Waals surface area contributed by atoms with Crippen LogP contribution < -0.4 is 0 Å². The number of esters is 1. The van der Waals surface area contributed by atoms with Gasteiger partial charge in [-0.1, -0.05) is 49.4 Å². The van der Waals surface area contributed by atoms with Gasteiger partial charge in [0.05, 0.1) is 12.7 Å². The predicted molar refractivity (Wildman–Crippen MR) is 79.3 cm³/mol. The molecule has 0 radical (unpaired) electrons. The molecule has 2 nitrogen and oxygen atoms in total. The molecule has 0 aromatic heterocycles. The van der Waals surface area contributed by atoms with Gasteiger partial charge >= 0.3 is 5.97 Å². The van der Waals surface area contributed by atoms with E-state index in [0.717, 1.165) is 18.4 Å². The number of carbonyl (C=O) groups is 1. The fourth-order valence-corrected chi connectivity index (χ4v) is 3.51. The number of fused-ring (bicyclic) bond motifs is 1. The van der Waals surface area contributed by atoms with E-state index in [1.807, 2.05) is 6.07 Å². The lowest BCUT2D eigenvalue weighted by Gasteiger charge is -2.25. The summed E-state index contributed by atoms with van der Waals surface area (Å²) in [5, 5.41) is 0. The summed E-state index contributed by atoms with van der Waals surface area (Å²) in [4.78, 5) is 12.0. The highest BCUT2D eigenvalue weighted by molar-refractivity contribution is 5.94. The van der Waals surface area contributed by atoms with E-state index < -0.39 is 0 Å². The molecule has 0 amide bonds. The molecule has 0 spiro atoms. The van der Waals surface area contributed by atoms with Crippen molar-refractivity contribution in [2.24, 2.45) is 11.8 Å². The van der Waals surface area contributed by atoms with Gasteiger partial charge < -0.3 is 4.74 Å². The van der Waals surface area contributed by atoms with Gasteiger partial charge in [-0.3, -0.25) is 0 Å². The average molecular weight is 268 g/mol. The van der Waals surface area contributed by atoms with Crippen molar-refractivity contribution in [3.05, 3.63) is 59.2 Å². The Kier molecular flexibility index (Phi) is 3.47. The van der Waals surface area contributed by atoms with Gasteiger partial charge in [0.25, 0.3) is 0 Å². The minimum Gasteiger partial charge on any atom is -0.465 e. The number of rotatable bonds is 2. The standard InChI is InChI=1S/C18H20O2/c1-12-8-15-10-14(13-6-4-3-5-7-13)11-16(15)17(9-12)18(19)20-2/h3-7,9,11-12,14-15H,8,10H2,1-2H3/t12-,14-,15+/m1/s1. The average Bonchev–Trinajstić information content (AvgIpc) is 2.90. The first-order chi connectivity index (χ1) is 9.69. The normalized spacial score (nSPS) is 28.4. The lowest BCUT2D eigenvalue weighted by atomic mass is 9.80. The number of hydrogen-bond acceptors (Lipinski definition) is 2. The van der Waals surface area contributed by atoms with Crippen molar-refractivity contribution in [1.29, 1.82) is 0 Å². The Morgan fingerprint density at radius 2 is 1.90 bits per heavy atom. The van der Waals surface area contributed by atoms with Gasteiger partial charge in [0.2, 0.25) is 0 Å². The van der Waals surface area contributed by atoms with E-state index in [2.05, 4.69) is 43.3 Å². The van der Waals surface area contributed by atoms with Crippen molar-refractivity contribution in [2.45, 2.75) is 25.7 Å². The molecule has 0 aliphatic heterocycles. The van der Waals surface area contributed by atoms with Gasteiger partial charge in [-0.2, -0.15) is 0 Å². The molecule has 1 aromatic rings. The van der Waals surface area contributed by atoms with Crippen molar-refractivity contribution in [3.8, 4) is 0 Å². The van der Waals surface area contributed by atoms with Crippen LogP contribution in [0.2, 0.25) is 0 Å². The zero-order chi connectivity index (χ0) is 14.1. The van der Waals surface area contributed by atoms with Gasteiger partial charge in [0, 0.05) is 5.92 Å². The Morgan fingerprint density at radius 1 is 1.15 bits per heavy atom. The van der Waals surface area contributed by atoms with Gasteiger partial charge in [0.1, 0.15) is 0 Å². The van der Waals surface area contributed by atoms with E-state index in [1.54, 1.807) is 0 Å². The maximum Gasteiger partial charge on any atom is 0.337 e. The molecular formula is C18H20O2. The topological polar surface area (TPSA) is 26.3 Å². The third kappa shape index (κ3) is 2.31. The lowest BCUT2D eigenvalue weighted by Crippen LogP contribution is -2.19. The van der Waals surface area contributed by atoms with Crippen molar-refractivity contribution in [2.75, 3.05) is 7.11 Å². The fraction of sp³-hybridized carbons (Fsp3) is 0.389. The van der Waals surface area contributed by atoms with Crippen molar-refractivity contribution in [3.63, 3.8) is 0 Å². The third-order valence-electron chi connectivity index (χ3n) is 4.41. The van der Waals surface area contributed by atoms with E-state index in [1.165, 1.54) is 18.2 Å². The molecule has 0 unspecified atom stereocenters. The summed E-state index contributed by atoms with van der Waals surface area (Å²) in [6, 6.07) is 10.5. The van der Waals surface area contributed by atoms with Crippen molar-refractivity contribution in [1.82, 2.24) is 0 Å². The third-order valence-corrected chi connectivity index (χ3v) is 4.41. The minimum atomic E-state index is -0.193. The molecule has 0 saturated heterocycles. The van der Waals surface area contributed by atoms with E-state index >= 15 is 0 Å². The van der Waals surface area contributed by atoms with E-state index in [4.69, 9.17) is 4.74 Å². The predicted octanol–water partition coefficient (Wildman–Crippen LogP) is 3.86. The molecule has 2 aliphatic carbocycles. The molecule has 3 atom stereocenters. The molecule has 0 fully saturated rings. The van der Waals surface area contributed by atoms with Crippen LogP contribution >= 0.6 is 0 Å². The molecule has 1 aromatic carbocycles. The highest BCUT2D eigenvalue weighted by Gasteiger charge is 2.35. The monoisotopic (exact) mass is 268 g/mol. The number of ether oxygens (including phenoxy) is 1. The second-order valence-electron chi connectivity index (χ2n) is 5.86. The summed E-state index contributed by atoms with van der Waals surface area (Å²) in [5.74, 6) is 1.17. The first kappa shape index (κ1) is 13.2. The van der Waals surface area contributed by atoms with Gasteiger partial charge in [-0.15, -0.1) is 0 Å². The van der Waals surface area contributed by atoms with Crippen LogP contribution in [-0.2, 0) is 9.53 Å². The number of allylic oxidation sites excluding steroid dienone is 2. The van der Waals surface area contributed by atoms with Crippen molar-refractivity contribution < 1.29 is 9.53 Å². The Morgan fingerprint density at radius 3 is 2.60 bits per heavy atom. The molecule has 3 rings (SSSR count). The summed E-state index contributed by atoms with van der Waals surface area (Å²) in [6.45, 7) is 2.18. The first-order valence-electron chi connectivity index (χ1n) is 7.26. The first-order valence-corrected chi connectivity index (χ1v) is 7.26. The maximum absolute atomic E-state index is 12.0. The Balaban J connectivity index is 1.93. The molecule has 2 aliphatic rings. The van der Waals surface area contributed by atoms with Crippen molar-refractivity contribution >= 4 is 5.97 Å². The molecule has 20 heavy (non-hydrogen) atoms. The number of methoxy groups -OCH3 is 1. The smallest absolute Gasteiger partial charge is 0.337 e. The highest BCUT2D eigenvalue weighted by atomic mass is 16.5. The molecule has 0 heterocycles. The van der Waals surface area contributed by atoms with E-state index in [9.17, 15) is 4.79 Å². The summed E-state index contributed by atoms with van der Waals surface area (Å²) < 4.78 is 4.94. The number of carbonyl (C=O) groups excluding carboxylic acids is 1. The zero-order valence-corrected chi connectivity index (χ0v) is 12.0. The second-order valence-corrected chi connectivity index (χ2v) is 5.86.